The van der Waals surface area contributed by atoms with Crippen LogP contribution in [0.15, 0.2) is 42.5 Å². The molecule has 0 heterocycles. The van der Waals surface area contributed by atoms with Gasteiger partial charge in [0.25, 0.3) is 0 Å². The van der Waals surface area contributed by atoms with E-state index in [4.69, 9.17) is 0 Å². The van der Waals surface area contributed by atoms with Crippen LogP contribution < -0.4 is 10.6 Å². The summed E-state index contributed by atoms with van der Waals surface area (Å²) >= 11 is 0. The fourth-order valence-corrected chi connectivity index (χ4v) is 2.52. The van der Waals surface area contributed by atoms with Gasteiger partial charge in [-0.2, -0.15) is 0 Å². The Morgan fingerprint density at radius 2 is 1.48 bits per heavy atom. The maximum atomic E-state index is 12.1. The number of hydrogen-bond donors (Lipinski definition) is 2. The highest BCUT2D eigenvalue weighted by molar-refractivity contribution is 5.93. The number of carbonyl (C=O) groups excluding carboxylic acids is 1. The first-order chi connectivity index (χ1) is 10.7. The van der Waals surface area contributed by atoms with Gasteiger partial charge in [-0.25, -0.2) is 0 Å². The van der Waals surface area contributed by atoms with Gasteiger partial charge in [-0.1, -0.05) is 39.0 Å². The number of rotatable bonds is 4. The summed E-state index contributed by atoms with van der Waals surface area (Å²) in [5, 5.41) is 6.09. The molecule has 122 valence electrons. The van der Waals surface area contributed by atoms with Crippen LogP contribution in [0.4, 0.5) is 11.4 Å². The molecule has 3 heteroatoms. The molecule has 2 aromatic rings. The summed E-state index contributed by atoms with van der Waals surface area (Å²) in [5.74, 6) is -0.0485. The minimum atomic E-state index is -0.0485. The van der Waals surface area contributed by atoms with E-state index in [0.717, 1.165) is 11.4 Å². The molecule has 0 fully saturated rings. The molecule has 0 spiro atoms. The Labute approximate surface area is 139 Å². The van der Waals surface area contributed by atoms with Gasteiger partial charge in [0.15, 0.2) is 0 Å². The second-order valence-corrected chi connectivity index (χ2v) is 7.11. The summed E-state index contributed by atoms with van der Waals surface area (Å²) in [4.78, 5) is 12.1. The van der Waals surface area contributed by atoms with E-state index < -0.39 is 0 Å². The second-order valence-electron chi connectivity index (χ2n) is 7.11. The van der Waals surface area contributed by atoms with E-state index in [2.05, 4.69) is 63.5 Å². The standard InChI is InChI=1S/C20H26N2O/c1-14-10-15(2)12-18(11-14)21-13-19(23)22-17-8-6-16(7-9-17)20(3,4)5/h6-12,21H,13H2,1-5H3,(H,22,23). The summed E-state index contributed by atoms with van der Waals surface area (Å²) in [6.45, 7) is 10.9. The highest BCUT2D eigenvalue weighted by Crippen LogP contribution is 2.23. The molecule has 2 aromatic carbocycles. The molecule has 0 unspecified atom stereocenters. The van der Waals surface area contributed by atoms with Crippen molar-refractivity contribution in [3.05, 3.63) is 59.2 Å². The van der Waals surface area contributed by atoms with Crippen LogP contribution >= 0.6 is 0 Å². The van der Waals surface area contributed by atoms with Crippen LogP contribution in [-0.2, 0) is 10.2 Å². The SMILES string of the molecule is Cc1cc(C)cc(NCC(=O)Nc2ccc(C(C)(C)C)cc2)c1. The van der Waals surface area contributed by atoms with Crippen LogP contribution in [0.25, 0.3) is 0 Å². The summed E-state index contributed by atoms with van der Waals surface area (Å²) in [7, 11) is 0. The molecule has 3 nitrogen and oxygen atoms in total. The van der Waals surface area contributed by atoms with Gasteiger partial charge in [0.2, 0.25) is 5.91 Å². The summed E-state index contributed by atoms with van der Waals surface area (Å²) in [6, 6.07) is 14.2. The van der Waals surface area contributed by atoms with E-state index >= 15 is 0 Å². The van der Waals surface area contributed by atoms with Crippen molar-refractivity contribution in [3.63, 3.8) is 0 Å². The van der Waals surface area contributed by atoms with Gasteiger partial charge in [-0.3, -0.25) is 4.79 Å². The smallest absolute Gasteiger partial charge is 0.243 e. The zero-order chi connectivity index (χ0) is 17.0. The maximum absolute atomic E-state index is 12.1. The molecule has 2 N–H and O–H groups in total. The van der Waals surface area contributed by atoms with Crippen molar-refractivity contribution in [2.24, 2.45) is 0 Å². The first-order valence-electron chi connectivity index (χ1n) is 7.96. The number of benzene rings is 2. The largest absolute Gasteiger partial charge is 0.376 e. The van der Waals surface area contributed by atoms with Gasteiger partial charge >= 0.3 is 0 Å². The summed E-state index contributed by atoms with van der Waals surface area (Å²) in [5.41, 5.74) is 5.54. The Bertz CT molecular complexity index is 662. The minimum absolute atomic E-state index is 0.0485. The summed E-state index contributed by atoms with van der Waals surface area (Å²) < 4.78 is 0. The van der Waals surface area contributed by atoms with Crippen LogP contribution in [0.3, 0.4) is 0 Å². The fraction of sp³-hybridized carbons (Fsp3) is 0.350. The van der Waals surface area contributed by atoms with Crippen molar-refractivity contribution in [2.45, 2.75) is 40.0 Å². The maximum Gasteiger partial charge on any atom is 0.243 e. The van der Waals surface area contributed by atoms with Crippen LogP contribution in [0.5, 0.6) is 0 Å². The molecule has 0 saturated heterocycles. The lowest BCUT2D eigenvalue weighted by Gasteiger charge is -2.19. The molecule has 0 aromatic heterocycles. The van der Waals surface area contributed by atoms with Crippen LogP contribution in [0.2, 0.25) is 0 Å². The number of hydrogen-bond acceptors (Lipinski definition) is 2. The van der Waals surface area contributed by atoms with E-state index in [1.54, 1.807) is 0 Å². The average molecular weight is 310 g/mol. The van der Waals surface area contributed by atoms with Crippen LogP contribution in [0.1, 0.15) is 37.5 Å². The molecule has 2 rings (SSSR count). The predicted octanol–water partition coefficient (Wildman–Crippen LogP) is 4.65. The highest BCUT2D eigenvalue weighted by Gasteiger charge is 2.13. The average Bonchev–Trinajstić information content (AvgIpc) is 2.44. The third-order valence-corrected chi connectivity index (χ3v) is 3.71. The topological polar surface area (TPSA) is 41.1 Å². The lowest BCUT2D eigenvalue weighted by atomic mass is 9.87. The molecular formula is C20H26N2O. The minimum Gasteiger partial charge on any atom is -0.376 e. The van der Waals surface area contributed by atoms with Crippen molar-refractivity contribution in [2.75, 3.05) is 17.2 Å². The lowest BCUT2D eigenvalue weighted by Crippen LogP contribution is -2.22. The van der Waals surface area contributed by atoms with E-state index in [9.17, 15) is 4.79 Å². The zero-order valence-corrected chi connectivity index (χ0v) is 14.7. The van der Waals surface area contributed by atoms with Gasteiger partial charge in [0.05, 0.1) is 6.54 Å². The van der Waals surface area contributed by atoms with Gasteiger partial charge in [-0.15, -0.1) is 0 Å². The first-order valence-corrected chi connectivity index (χ1v) is 7.96. The second kappa shape index (κ2) is 6.86. The number of carbonyl (C=O) groups is 1. The molecule has 0 radical (unpaired) electrons. The third-order valence-electron chi connectivity index (χ3n) is 3.71. The first kappa shape index (κ1) is 17.1. The number of amides is 1. The van der Waals surface area contributed by atoms with Crippen molar-refractivity contribution >= 4 is 17.3 Å². The predicted molar refractivity (Wildman–Crippen MR) is 98.2 cm³/mol. The van der Waals surface area contributed by atoms with Gasteiger partial charge in [0.1, 0.15) is 0 Å². The molecule has 0 saturated carbocycles. The zero-order valence-electron chi connectivity index (χ0n) is 14.7. The Balaban J connectivity index is 1.92. The highest BCUT2D eigenvalue weighted by atomic mass is 16.1. The van der Waals surface area contributed by atoms with Crippen LogP contribution in [0, 0.1) is 13.8 Å². The third kappa shape index (κ3) is 5.13. The number of nitrogens with one attached hydrogen (secondary N) is 2. The van der Waals surface area contributed by atoms with E-state index in [0.29, 0.717) is 0 Å². The Morgan fingerprint density at radius 3 is 2.00 bits per heavy atom. The Morgan fingerprint density at radius 1 is 0.913 bits per heavy atom. The quantitative estimate of drug-likeness (QED) is 0.863. The van der Waals surface area contributed by atoms with Crippen molar-refractivity contribution < 1.29 is 4.79 Å². The Kier molecular flexibility index (Phi) is 5.09. The molecule has 0 aliphatic carbocycles. The monoisotopic (exact) mass is 310 g/mol. The molecule has 0 aliphatic rings. The lowest BCUT2D eigenvalue weighted by molar-refractivity contribution is -0.114. The normalized spacial score (nSPS) is 11.2. The Hall–Kier alpha value is -2.29. The summed E-state index contributed by atoms with van der Waals surface area (Å²) in [6.07, 6.45) is 0. The van der Waals surface area contributed by atoms with E-state index in [1.165, 1.54) is 16.7 Å². The fourth-order valence-electron chi connectivity index (χ4n) is 2.52. The van der Waals surface area contributed by atoms with Gasteiger partial charge in [-0.05, 0) is 60.2 Å². The van der Waals surface area contributed by atoms with Crippen molar-refractivity contribution in [3.8, 4) is 0 Å². The number of aryl methyl sites for hydroxylation is 2. The van der Waals surface area contributed by atoms with E-state index in [-0.39, 0.29) is 17.9 Å². The molecule has 0 bridgehead atoms. The van der Waals surface area contributed by atoms with Crippen molar-refractivity contribution in [1.82, 2.24) is 0 Å². The van der Waals surface area contributed by atoms with Gasteiger partial charge < -0.3 is 10.6 Å². The number of anilines is 2. The molecule has 23 heavy (non-hydrogen) atoms. The molecular weight excluding hydrogens is 284 g/mol. The molecule has 0 aliphatic heterocycles. The molecule has 0 atom stereocenters. The molecule has 1 amide bonds. The van der Waals surface area contributed by atoms with Gasteiger partial charge in [0, 0.05) is 11.4 Å². The van der Waals surface area contributed by atoms with Crippen molar-refractivity contribution in [1.29, 1.82) is 0 Å². The van der Waals surface area contributed by atoms with Crippen LogP contribution in [-0.4, -0.2) is 12.5 Å². The van der Waals surface area contributed by atoms with E-state index in [1.807, 2.05) is 24.3 Å².